The maximum atomic E-state index is 12.7. The third-order valence-corrected chi connectivity index (χ3v) is 3.60. The quantitative estimate of drug-likeness (QED) is 0.735. The van der Waals surface area contributed by atoms with Crippen LogP contribution in [0.3, 0.4) is 0 Å². The molecule has 1 amide bonds. The predicted molar refractivity (Wildman–Crippen MR) is 101 cm³/mol. The van der Waals surface area contributed by atoms with Crippen LogP contribution in [-0.2, 0) is 4.79 Å². The van der Waals surface area contributed by atoms with Crippen molar-refractivity contribution in [1.29, 1.82) is 0 Å². The number of hydrogen-bond donors (Lipinski definition) is 2. The number of amides is 1. The van der Waals surface area contributed by atoms with Gasteiger partial charge in [-0.1, -0.05) is 0 Å². The summed E-state index contributed by atoms with van der Waals surface area (Å²) in [7, 11) is 1.55. The molecule has 2 aromatic carbocycles. The third kappa shape index (κ3) is 5.64. The van der Waals surface area contributed by atoms with Crippen LogP contribution in [0.2, 0.25) is 0 Å². The van der Waals surface area contributed by atoms with Crippen LogP contribution >= 0.6 is 0 Å². The number of benzene rings is 2. The third-order valence-electron chi connectivity index (χ3n) is 3.60. The summed E-state index contributed by atoms with van der Waals surface area (Å²) in [4.78, 5) is 23.3. The van der Waals surface area contributed by atoms with Crippen LogP contribution in [0, 0.1) is 6.92 Å². The lowest BCUT2D eigenvalue weighted by molar-refractivity contribution is -0.139. The van der Waals surface area contributed by atoms with Crippen molar-refractivity contribution >= 4 is 17.6 Å². The molecule has 7 heteroatoms. The number of aliphatic carboxylic acids is 1. The van der Waals surface area contributed by atoms with Crippen LogP contribution in [0.5, 0.6) is 17.2 Å². The number of nitrogens with one attached hydrogen (secondary N) is 1. The van der Waals surface area contributed by atoms with Crippen molar-refractivity contribution in [2.45, 2.75) is 26.9 Å². The Kier molecular flexibility index (Phi) is 6.65. The molecule has 0 unspecified atom stereocenters. The lowest BCUT2D eigenvalue weighted by atomic mass is 10.1. The van der Waals surface area contributed by atoms with Crippen LogP contribution in [0.4, 0.5) is 5.69 Å². The summed E-state index contributed by atoms with van der Waals surface area (Å²) >= 11 is 0. The van der Waals surface area contributed by atoms with Crippen LogP contribution in [0.25, 0.3) is 0 Å². The lowest BCUT2D eigenvalue weighted by Gasteiger charge is -2.16. The van der Waals surface area contributed by atoms with Gasteiger partial charge in [-0.15, -0.1) is 0 Å². The Morgan fingerprint density at radius 3 is 2.41 bits per heavy atom. The fraction of sp³-hybridized carbons (Fsp3) is 0.300. The molecule has 0 saturated carbocycles. The second-order valence-corrected chi connectivity index (χ2v) is 6.14. The van der Waals surface area contributed by atoms with Crippen molar-refractivity contribution in [2.75, 3.05) is 19.0 Å². The largest absolute Gasteiger partial charge is 0.497 e. The zero-order chi connectivity index (χ0) is 20.0. The first-order chi connectivity index (χ1) is 12.8. The summed E-state index contributed by atoms with van der Waals surface area (Å²) < 4.78 is 16.1. The first-order valence-corrected chi connectivity index (χ1v) is 8.41. The van der Waals surface area contributed by atoms with Crippen molar-refractivity contribution in [2.24, 2.45) is 0 Å². The first kappa shape index (κ1) is 20.1. The van der Waals surface area contributed by atoms with Gasteiger partial charge in [0.25, 0.3) is 5.91 Å². The minimum absolute atomic E-state index is 0.101. The molecule has 0 saturated heterocycles. The molecule has 7 nitrogen and oxygen atoms in total. The van der Waals surface area contributed by atoms with Crippen molar-refractivity contribution in [3.8, 4) is 17.2 Å². The number of ether oxygens (including phenoxy) is 3. The van der Waals surface area contributed by atoms with Gasteiger partial charge in [0, 0.05) is 11.8 Å². The van der Waals surface area contributed by atoms with Crippen molar-refractivity contribution in [3.05, 3.63) is 47.5 Å². The minimum atomic E-state index is -1.05. The Morgan fingerprint density at radius 1 is 1.11 bits per heavy atom. The van der Waals surface area contributed by atoms with E-state index in [-0.39, 0.29) is 12.0 Å². The molecule has 2 rings (SSSR count). The zero-order valence-corrected chi connectivity index (χ0v) is 15.7. The molecule has 0 spiro atoms. The SMILES string of the molecule is COc1ccc(C(=O)Nc2ccc(OCC(=O)O)cc2C)c(OC(C)C)c1. The first-order valence-electron chi connectivity index (χ1n) is 8.41. The number of carbonyl (C=O) groups excluding carboxylic acids is 1. The van der Waals surface area contributed by atoms with Crippen molar-refractivity contribution in [1.82, 2.24) is 0 Å². The monoisotopic (exact) mass is 373 g/mol. The fourth-order valence-electron chi connectivity index (χ4n) is 2.37. The molecule has 0 fully saturated rings. The number of carbonyl (C=O) groups is 2. The van der Waals surface area contributed by atoms with Gasteiger partial charge in [0.2, 0.25) is 0 Å². The number of aryl methyl sites for hydroxylation is 1. The van der Waals surface area contributed by atoms with E-state index in [4.69, 9.17) is 19.3 Å². The number of anilines is 1. The number of methoxy groups -OCH3 is 1. The normalized spacial score (nSPS) is 10.4. The lowest BCUT2D eigenvalue weighted by Crippen LogP contribution is -2.16. The van der Waals surface area contributed by atoms with E-state index >= 15 is 0 Å². The fourth-order valence-corrected chi connectivity index (χ4v) is 2.37. The maximum Gasteiger partial charge on any atom is 0.341 e. The van der Waals surface area contributed by atoms with Crippen molar-refractivity contribution in [3.63, 3.8) is 0 Å². The summed E-state index contributed by atoms with van der Waals surface area (Å²) in [6.45, 7) is 5.12. The van der Waals surface area contributed by atoms with Gasteiger partial charge in [0.05, 0.1) is 18.8 Å². The number of carboxylic acids is 1. The van der Waals surface area contributed by atoms with Gasteiger partial charge in [0.1, 0.15) is 17.2 Å². The van der Waals surface area contributed by atoms with Gasteiger partial charge < -0.3 is 24.6 Å². The molecule has 144 valence electrons. The molecule has 27 heavy (non-hydrogen) atoms. The second-order valence-electron chi connectivity index (χ2n) is 6.14. The highest BCUT2D eigenvalue weighted by Gasteiger charge is 2.16. The number of hydrogen-bond acceptors (Lipinski definition) is 5. The Hall–Kier alpha value is -3.22. The molecule has 0 bridgehead atoms. The smallest absolute Gasteiger partial charge is 0.341 e. The molecular weight excluding hydrogens is 350 g/mol. The van der Waals surface area contributed by atoms with E-state index in [1.165, 1.54) is 0 Å². The van der Waals surface area contributed by atoms with Gasteiger partial charge in [-0.05, 0) is 56.7 Å². The summed E-state index contributed by atoms with van der Waals surface area (Å²) in [5.74, 6) is 0.0678. The van der Waals surface area contributed by atoms with Gasteiger partial charge in [-0.25, -0.2) is 4.79 Å². The number of rotatable bonds is 8. The van der Waals surface area contributed by atoms with E-state index in [1.807, 2.05) is 13.8 Å². The van der Waals surface area contributed by atoms with Gasteiger partial charge in [-0.3, -0.25) is 4.79 Å². The Balaban J connectivity index is 2.20. The highest BCUT2D eigenvalue weighted by Crippen LogP contribution is 2.28. The molecule has 2 aromatic rings. The summed E-state index contributed by atoms with van der Waals surface area (Å²) in [6.07, 6.45) is -0.101. The number of carboxylic acid groups (broad SMARTS) is 1. The molecule has 0 heterocycles. The van der Waals surface area contributed by atoms with Crippen LogP contribution in [0.15, 0.2) is 36.4 Å². The Labute approximate surface area is 157 Å². The average Bonchev–Trinajstić information content (AvgIpc) is 2.61. The van der Waals surface area contributed by atoms with Gasteiger partial charge in [-0.2, -0.15) is 0 Å². The van der Waals surface area contributed by atoms with Gasteiger partial charge >= 0.3 is 5.97 Å². The van der Waals surface area contributed by atoms with Crippen LogP contribution < -0.4 is 19.5 Å². The Morgan fingerprint density at radius 2 is 1.81 bits per heavy atom. The molecule has 0 aliphatic heterocycles. The molecule has 0 aromatic heterocycles. The van der Waals surface area contributed by atoms with Crippen LogP contribution in [-0.4, -0.2) is 36.8 Å². The predicted octanol–water partition coefficient (Wildman–Crippen LogP) is 3.51. The molecular formula is C20H23NO6. The zero-order valence-electron chi connectivity index (χ0n) is 15.7. The summed E-state index contributed by atoms with van der Waals surface area (Å²) in [6, 6.07) is 9.94. The van der Waals surface area contributed by atoms with E-state index in [2.05, 4.69) is 5.32 Å². The molecule has 0 aliphatic carbocycles. The van der Waals surface area contributed by atoms with E-state index in [0.29, 0.717) is 28.5 Å². The highest BCUT2D eigenvalue weighted by atomic mass is 16.5. The van der Waals surface area contributed by atoms with E-state index < -0.39 is 12.6 Å². The van der Waals surface area contributed by atoms with E-state index in [9.17, 15) is 9.59 Å². The van der Waals surface area contributed by atoms with Crippen LogP contribution in [0.1, 0.15) is 29.8 Å². The average molecular weight is 373 g/mol. The Bertz CT molecular complexity index is 831. The summed E-state index contributed by atoms with van der Waals surface area (Å²) in [5, 5.41) is 11.5. The molecule has 0 atom stereocenters. The molecule has 0 aliphatic rings. The molecule has 2 N–H and O–H groups in total. The summed E-state index contributed by atoms with van der Waals surface area (Å²) in [5.41, 5.74) is 1.72. The van der Waals surface area contributed by atoms with E-state index in [1.54, 1.807) is 50.4 Å². The second kappa shape index (κ2) is 8.93. The topological polar surface area (TPSA) is 94.1 Å². The minimum Gasteiger partial charge on any atom is -0.497 e. The molecule has 0 radical (unpaired) electrons. The van der Waals surface area contributed by atoms with E-state index in [0.717, 1.165) is 5.56 Å². The standard InChI is InChI=1S/C20H23NO6/c1-12(2)27-18-10-14(25-4)5-7-16(18)20(24)21-17-8-6-15(9-13(17)3)26-11-19(22)23/h5-10,12H,11H2,1-4H3,(H,21,24)(H,22,23). The van der Waals surface area contributed by atoms with Gasteiger partial charge in [0.15, 0.2) is 6.61 Å². The highest BCUT2D eigenvalue weighted by molar-refractivity contribution is 6.06. The maximum absolute atomic E-state index is 12.7. The van der Waals surface area contributed by atoms with Crippen molar-refractivity contribution < 1.29 is 28.9 Å².